The van der Waals surface area contributed by atoms with Crippen molar-refractivity contribution in [2.24, 2.45) is 5.41 Å². The highest BCUT2D eigenvalue weighted by atomic mass is 16.4. The molecule has 0 saturated heterocycles. The van der Waals surface area contributed by atoms with Gasteiger partial charge in [-0.05, 0) is 25.8 Å². The third kappa shape index (κ3) is 2.09. The predicted molar refractivity (Wildman–Crippen MR) is 54.5 cm³/mol. The normalized spacial score (nSPS) is 25.5. The molecule has 0 aromatic rings. The lowest BCUT2D eigenvalue weighted by atomic mass is 9.74. The first-order chi connectivity index (χ1) is 6.91. The maximum absolute atomic E-state index is 11.2. The molecule has 1 unspecified atom stereocenters. The second kappa shape index (κ2) is 3.88. The molecule has 0 bridgehead atoms. The van der Waals surface area contributed by atoms with Gasteiger partial charge in [-0.2, -0.15) is 0 Å². The molecule has 0 fully saturated rings. The Morgan fingerprint density at radius 1 is 1.47 bits per heavy atom. The van der Waals surface area contributed by atoms with Gasteiger partial charge in [0, 0.05) is 5.57 Å². The van der Waals surface area contributed by atoms with E-state index in [4.69, 9.17) is 10.2 Å². The van der Waals surface area contributed by atoms with E-state index in [0.29, 0.717) is 12.0 Å². The molecule has 0 radical (unpaired) electrons. The zero-order valence-corrected chi connectivity index (χ0v) is 8.78. The van der Waals surface area contributed by atoms with Crippen molar-refractivity contribution in [1.82, 2.24) is 0 Å². The van der Waals surface area contributed by atoms with Crippen LogP contribution in [0.3, 0.4) is 0 Å². The molecule has 1 aliphatic carbocycles. The third-order valence-corrected chi connectivity index (χ3v) is 2.74. The summed E-state index contributed by atoms with van der Waals surface area (Å²) in [6.07, 6.45) is 3.62. The topological polar surface area (TPSA) is 74.6 Å². The van der Waals surface area contributed by atoms with E-state index >= 15 is 0 Å². The zero-order chi connectivity index (χ0) is 11.6. The summed E-state index contributed by atoms with van der Waals surface area (Å²) in [5.41, 5.74) is -0.186. The number of carbonyl (C=O) groups is 2. The summed E-state index contributed by atoms with van der Waals surface area (Å²) in [5, 5.41) is 18.0. The minimum Gasteiger partial charge on any atom is -0.481 e. The number of allylic oxidation sites excluding steroid dienone is 2. The van der Waals surface area contributed by atoms with Crippen LogP contribution in [0.4, 0.5) is 0 Å². The predicted octanol–water partition coefficient (Wildman–Crippen LogP) is 1.83. The van der Waals surface area contributed by atoms with E-state index in [1.807, 2.05) is 0 Å². The Hall–Kier alpha value is -1.58. The molecule has 1 atom stereocenters. The van der Waals surface area contributed by atoms with Crippen molar-refractivity contribution < 1.29 is 19.8 Å². The van der Waals surface area contributed by atoms with E-state index in [1.165, 1.54) is 6.08 Å². The van der Waals surface area contributed by atoms with E-state index in [2.05, 4.69) is 0 Å². The highest BCUT2D eigenvalue weighted by molar-refractivity contribution is 5.90. The van der Waals surface area contributed by atoms with Crippen LogP contribution in [0.1, 0.15) is 26.7 Å². The van der Waals surface area contributed by atoms with Gasteiger partial charge in [0.2, 0.25) is 0 Å². The van der Waals surface area contributed by atoms with Crippen molar-refractivity contribution in [3.63, 3.8) is 0 Å². The van der Waals surface area contributed by atoms with Gasteiger partial charge in [0.25, 0.3) is 0 Å². The Bertz CT molecular complexity index is 365. The minimum absolute atomic E-state index is 0.0610. The van der Waals surface area contributed by atoms with Crippen LogP contribution < -0.4 is 0 Å². The number of rotatable bonds is 3. The highest BCUT2D eigenvalue weighted by Gasteiger charge is 2.38. The molecule has 1 aliphatic rings. The maximum atomic E-state index is 11.2. The minimum atomic E-state index is -1.05. The molecule has 0 spiro atoms. The van der Waals surface area contributed by atoms with Crippen LogP contribution in [-0.2, 0) is 9.59 Å². The first-order valence-corrected chi connectivity index (χ1v) is 4.78. The summed E-state index contributed by atoms with van der Waals surface area (Å²) in [7, 11) is 0. The monoisotopic (exact) mass is 210 g/mol. The van der Waals surface area contributed by atoms with Crippen LogP contribution in [0.25, 0.3) is 0 Å². The fourth-order valence-corrected chi connectivity index (χ4v) is 1.85. The van der Waals surface area contributed by atoms with Gasteiger partial charge in [-0.25, -0.2) is 4.79 Å². The quantitative estimate of drug-likeness (QED) is 0.745. The van der Waals surface area contributed by atoms with Crippen molar-refractivity contribution >= 4 is 11.9 Å². The molecule has 0 amide bonds. The molecule has 0 aromatic carbocycles. The van der Waals surface area contributed by atoms with E-state index in [-0.39, 0.29) is 12.0 Å². The van der Waals surface area contributed by atoms with E-state index < -0.39 is 17.4 Å². The Labute approximate surface area is 87.9 Å². The summed E-state index contributed by atoms with van der Waals surface area (Å²) in [5.74, 6) is -2.00. The molecule has 0 aromatic heterocycles. The number of aliphatic carboxylic acids is 2. The van der Waals surface area contributed by atoms with Gasteiger partial charge >= 0.3 is 11.9 Å². The summed E-state index contributed by atoms with van der Waals surface area (Å²) < 4.78 is 0. The summed E-state index contributed by atoms with van der Waals surface area (Å²) >= 11 is 0. The van der Waals surface area contributed by atoms with Crippen molar-refractivity contribution in [2.75, 3.05) is 0 Å². The van der Waals surface area contributed by atoms with E-state index in [1.54, 1.807) is 19.9 Å². The molecule has 1 rings (SSSR count). The molecule has 0 heterocycles. The lowest BCUT2D eigenvalue weighted by molar-refractivity contribution is -0.146. The molecule has 2 N–H and O–H groups in total. The lowest BCUT2D eigenvalue weighted by Gasteiger charge is -2.28. The number of hydrogen-bond donors (Lipinski definition) is 2. The van der Waals surface area contributed by atoms with E-state index in [0.717, 1.165) is 0 Å². The zero-order valence-electron chi connectivity index (χ0n) is 8.78. The average Bonchev–Trinajstić information content (AvgIpc) is 2.16. The second-order valence-corrected chi connectivity index (χ2v) is 3.85. The van der Waals surface area contributed by atoms with Crippen LogP contribution in [0.5, 0.6) is 0 Å². The highest BCUT2D eigenvalue weighted by Crippen LogP contribution is 2.37. The van der Waals surface area contributed by atoms with Crippen molar-refractivity contribution in [2.45, 2.75) is 26.7 Å². The molecule has 4 heteroatoms. The molecule has 82 valence electrons. The Kier molecular flexibility index (Phi) is 2.98. The SMILES string of the molecule is CCC1(C(=O)O)C=C(C)C=C(C(=O)O)C1. The standard InChI is InChI=1S/C11H14O4/c1-3-11(10(14)15)5-7(2)4-8(6-11)9(12)13/h4-5H,3,6H2,1-2H3,(H,12,13)(H,14,15). The molecule has 4 nitrogen and oxygen atoms in total. The van der Waals surface area contributed by atoms with Gasteiger partial charge in [-0.3, -0.25) is 4.79 Å². The summed E-state index contributed by atoms with van der Waals surface area (Å²) in [6.45, 7) is 3.47. The third-order valence-electron chi connectivity index (χ3n) is 2.74. The smallest absolute Gasteiger partial charge is 0.331 e. The van der Waals surface area contributed by atoms with Crippen LogP contribution >= 0.6 is 0 Å². The Balaban J connectivity index is 3.14. The van der Waals surface area contributed by atoms with Gasteiger partial charge in [0.1, 0.15) is 0 Å². The fraction of sp³-hybridized carbons (Fsp3) is 0.455. The van der Waals surface area contributed by atoms with Gasteiger partial charge in [0.05, 0.1) is 5.41 Å². The summed E-state index contributed by atoms with van der Waals surface area (Å²) in [6, 6.07) is 0. The first kappa shape index (κ1) is 11.5. The van der Waals surface area contributed by atoms with Crippen LogP contribution in [0.15, 0.2) is 23.3 Å². The molecule has 0 aliphatic heterocycles. The Morgan fingerprint density at radius 3 is 2.47 bits per heavy atom. The summed E-state index contributed by atoms with van der Waals surface area (Å²) in [4.78, 5) is 22.0. The lowest BCUT2D eigenvalue weighted by Crippen LogP contribution is -2.32. The van der Waals surface area contributed by atoms with E-state index in [9.17, 15) is 9.59 Å². The van der Waals surface area contributed by atoms with Crippen molar-refractivity contribution in [1.29, 1.82) is 0 Å². The van der Waals surface area contributed by atoms with Crippen LogP contribution in [-0.4, -0.2) is 22.2 Å². The van der Waals surface area contributed by atoms with Crippen LogP contribution in [0, 0.1) is 5.41 Å². The molecule has 0 saturated carbocycles. The largest absolute Gasteiger partial charge is 0.481 e. The molecule has 15 heavy (non-hydrogen) atoms. The average molecular weight is 210 g/mol. The van der Waals surface area contributed by atoms with Gasteiger partial charge < -0.3 is 10.2 Å². The van der Waals surface area contributed by atoms with Crippen molar-refractivity contribution in [3.8, 4) is 0 Å². The first-order valence-electron chi connectivity index (χ1n) is 4.78. The van der Waals surface area contributed by atoms with Gasteiger partial charge in [-0.1, -0.05) is 18.6 Å². The Morgan fingerprint density at radius 2 is 2.07 bits per heavy atom. The maximum Gasteiger partial charge on any atom is 0.331 e. The van der Waals surface area contributed by atoms with Crippen molar-refractivity contribution in [3.05, 3.63) is 23.3 Å². The van der Waals surface area contributed by atoms with Crippen LogP contribution in [0.2, 0.25) is 0 Å². The fourth-order valence-electron chi connectivity index (χ4n) is 1.85. The number of carboxylic acids is 2. The number of carboxylic acid groups (broad SMARTS) is 2. The van der Waals surface area contributed by atoms with Gasteiger partial charge in [0.15, 0.2) is 0 Å². The molecular weight excluding hydrogens is 196 g/mol. The molecular formula is C11H14O4. The van der Waals surface area contributed by atoms with Gasteiger partial charge in [-0.15, -0.1) is 0 Å². The number of hydrogen-bond acceptors (Lipinski definition) is 2. The second-order valence-electron chi connectivity index (χ2n) is 3.85.